The Morgan fingerprint density at radius 3 is 2.41 bits per heavy atom. The molecule has 150 valence electrons. The Morgan fingerprint density at radius 1 is 1.14 bits per heavy atom. The summed E-state index contributed by atoms with van der Waals surface area (Å²) in [6.07, 6.45) is 0. The number of carbonyl (C=O) groups excluding carboxylic acids is 1. The lowest BCUT2D eigenvalue weighted by atomic mass is 10.1. The normalized spacial score (nSPS) is 10.9. The van der Waals surface area contributed by atoms with E-state index in [1.165, 1.54) is 6.07 Å². The molecule has 3 aromatic rings. The molecule has 29 heavy (non-hydrogen) atoms. The Balaban J connectivity index is 2.27. The van der Waals surface area contributed by atoms with Gasteiger partial charge >= 0.3 is 5.97 Å². The van der Waals surface area contributed by atoms with Crippen LogP contribution in [0, 0.1) is 5.82 Å². The lowest BCUT2D eigenvalue weighted by Gasteiger charge is -2.16. The fourth-order valence-electron chi connectivity index (χ4n) is 2.86. The van der Waals surface area contributed by atoms with E-state index in [4.69, 9.17) is 28.3 Å². The highest BCUT2D eigenvalue weighted by atomic mass is 35.5. The van der Waals surface area contributed by atoms with Gasteiger partial charge in [-0.25, -0.2) is 4.39 Å². The number of rotatable bonds is 5. The number of hydrogen-bond donors (Lipinski definition) is 3. The van der Waals surface area contributed by atoms with Crippen LogP contribution in [0.2, 0.25) is 10.0 Å². The lowest BCUT2D eigenvalue weighted by molar-refractivity contribution is -0.135. The van der Waals surface area contributed by atoms with Gasteiger partial charge in [-0.2, -0.15) is 0 Å². The van der Waals surface area contributed by atoms with Gasteiger partial charge in [0.15, 0.2) is 0 Å². The van der Waals surface area contributed by atoms with E-state index in [1.54, 1.807) is 18.2 Å². The zero-order valence-electron chi connectivity index (χ0n) is 14.6. The minimum Gasteiger partial charge on any atom is -0.506 e. The second-order valence-electron chi connectivity index (χ2n) is 6.05. The van der Waals surface area contributed by atoms with Crippen LogP contribution in [0.1, 0.15) is 15.9 Å². The van der Waals surface area contributed by atoms with Gasteiger partial charge in [-0.05, 0) is 30.3 Å². The molecule has 10 heteroatoms. The zero-order valence-corrected chi connectivity index (χ0v) is 16.1. The largest absolute Gasteiger partial charge is 0.506 e. The van der Waals surface area contributed by atoms with Gasteiger partial charge in [0.25, 0.3) is 11.5 Å². The van der Waals surface area contributed by atoms with E-state index in [2.05, 4.69) is 0 Å². The van der Waals surface area contributed by atoms with Gasteiger partial charge in [0.1, 0.15) is 23.7 Å². The van der Waals surface area contributed by atoms with Crippen molar-refractivity contribution in [2.75, 3.05) is 6.54 Å². The van der Waals surface area contributed by atoms with Crippen molar-refractivity contribution in [3.05, 3.63) is 73.7 Å². The highest BCUT2D eigenvalue weighted by Crippen LogP contribution is 2.30. The van der Waals surface area contributed by atoms with E-state index in [1.807, 2.05) is 5.32 Å². The number of carboxylic acids is 1. The second-order valence-corrected chi connectivity index (χ2v) is 6.87. The molecule has 0 radical (unpaired) electrons. The van der Waals surface area contributed by atoms with Gasteiger partial charge in [-0.3, -0.25) is 14.4 Å². The number of nitrogens with zero attached hydrogens (tertiary/aromatic N) is 1. The summed E-state index contributed by atoms with van der Waals surface area (Å²) < 4.78 is 14.9. The lowest BCUT2D eigenvalue weighted by Crippen LogP contribution is -2.36. The molecule has 0 spiro atoms. The van der Waals surface area contributed by atoms with Gasteiger partial charge in [0.2, 0.25) is 0 Å². The van der Waals surface area contributed by atoms with Crippen LogP contribution in [0.4, 0.5) is 4.39 Å². The maximum absolute atomic E-state index is 13.8. The third-order valence-electron chi connectivity index (χ3n) is 4.21. The molecule has 0 aliphatic rings. The van der Waals surface area contributed by atoms with Gasteiger partial charge < -0.3 is 20.1 Å². The maximum Gasteiger partial charge on any atom is 0.322 e. The molecule has 3 N–H and O–H groups in total. The molecule has 0 saturated carbocycles. The number of halogens is 3. The predicted octanol–water partition coefficient (Wildman–Crippen LogP) is 3.02. The van der Waals surface area contributed by atoms with Crippen LogP contribution in [0.25, 0.3) is 10.9 Å². The van der Waals surface area contributed by atoms with Crippen molar-refractivity contribution in [3.63, 3.8) is 0 Å². The minimum absolute atomic E-state index is 0.103. The number of amides is 1. The Hall–Kier alpha value is -3.10. The first-order valence-electron chi connectivity index (χ1n) is 8.18. The van der Waals surface area contributed by atoms with Crippen molar-refractivity contribution in [3.8, 4) is 5.75 Å². The summed E-state index contributed by atoms with van der Waals surface area (Å²) in [5.74, 6) is -3.91. The molecule has 1 heterocycles. The molecule has 0 atom stereocenters. The molecule has 0 unspecified atom stereocenters. The quantitative estimate of drug-likeness (QED) is 0.567. The SMILES string of the molecule is O=C(O)CNC(=O)c1c(O)c2cc(F)ccc2n(Cc2c(Cl)cccc2Cl)c1=O. The van der Waals surface area contributed by atoms with E-state index in [-0.39, 0.29) is 27.5 Å². The topological polar surface area (TPSA) is 109 Å². The molecule has 2 aromatic carbocycles. The summed E-state index contributed by atoms with van der Waals surface area (Å²) in [5.41, 5.74) is -1.11. The minimum atomic E-state index is -1.34. The van der Waals surface area contributed by atoms with Crippen LogP contribution in [0.15, 0.2) is 41.2 Å². The van der Waals surface area contributed by atoms with Crippen LogP contribution in [0.3, 0.4) is 0 Å². The van der Waals surface area contributed by atoms with E-state index in [9.17, 15) is 23.9 Å². The van der Waals surface area contributed by atoms with Crippen molar-refractivity contribution >= 4 is 46.0 Å². The van der Waals surface area contributed by atoms with Crippen molar-refractivity contribution in [1.29, 1.82) is 0 Å². The number of aromatic nitrogens is 1. The predicted molar refractivity (Wildman–Crippen MR) is 105 cm³/mol. The molecule has 1 amide bonds. The molecule has 7 nitrogen and oxygen atoms in total. The molecular formula is C19H13Cl2FN2O5. The van der Waals surface area contributed by atoms with Crippen molar-refractivity contribution in [2.45, 2.75) is 6.54 Å². The monoisotopic (exact) mass is 438 g/mol. The van der Waals surface area contributed by atoms with Crippen molar-refractivity contribution in [1.82, 2.24) is 9.88 Å². The molecule has 1 aromatic heterocycles. The Morgan fingerprint density at radius 2 is 1.79 bits per heavy atom. The highest BCUT2D eigenvalue weighted by molar-refractivity contribution is 6.36. The van der Waals surface area contributed by atoms with E-state index in [0.717, 1.165) is 16.7 Å². The summed E-state index contributed by atoms with van der Waals surface area (Å²) in [5, 5.41) is 21.6. The van der Waals surface area contributed by atoms with Crippen LogP contribution in [-0.4, -0.2) is 33.2 Å². The first-order chi connectivity index (χ1) is 13.7. The molecule has 0 fully saturated rings. The standard InChI is InChI=1S/C19H13Cl2FN2O5/c20-12-2-1-3-13(21)11(12)8-24-14-5-4-9(22)6-10(14)17(27)16(19(24)29)18(28)23-7-15(25)26/h1-6,27H,7-8H2,(H,23,28)(H,25,26). The smallest absolute Gasteiger partial charge is 0.322 e. The van der Waals surface area contributed by atoms with Gasteiger partial charge in [0.05, 0.1) is 12.1 Å². The summed E-state index contributed by atoms with van der Waals surface area (Å²) in [7, 11) is 0. The first-order valence-corrected chi connectivity index (χ1v) is 8.94. The van der Waals surface area contributed by atoms with Crippen molar-refractivity contribution in [2.24, 2.45) is 0 Å². The number of benzene rings is 2. The average molecular weight is 439 g/mol. The van der Waals surface area contributed by atoms with Gasteiger partial charge in [-0.1, -0.05) is 29.3 Å². The Kier molecular flexibility index (Phi) is 5.76. The van der Waals surface area contributed by atoms with Crippen molar-refractivity contribution < 1.29 is 24.2 Å². The van der Waals surface area contributed by atoms with E-state index < -0.39 is 41.1 Å². The number of pyridine rings is 1. The molecular weight excluding hydrogens is 426 g/mol. The Labute approximate surface area is 172 Å². The van der Waals surface area contributed by atoms with Crippen LogP contribution < -0.4 is 10.9 Å². The molecule has 0 bridgehead atoms. The number of aliphatic carboxylic acids is 1. The summed E-state index contributed by atoms with van der Waals surface area (Å²) in [6.45, 7) is -0.936. The third-order valence-corrected chi connectivity index (χ3v) is 4.91. The first kappa shape index (κ1) is 20.6. The molecule has 0 saturated heterocycles. The third kappa shape index (κ3) is 4.03. The van der Waals surface area contributed by atoms with E-state index >= 15 is 0 Å². The van der Waals surface area contributed by atoms with Gasteiger partial charge in [-0.15, -0.1) is 0 Å². The summed E-state index contributed by atoms with van der Waals surface area (Å²) >= 11 is 12.3. The van der Waals surface area contributed by atoms with Crippen LogP contribution >= 0.6 is 23.2 Å². The second kappa shape index (κ2) is 8.10. The highest BCUT2D eigenvalue weighted by Gasteiger charge is 2.23. The number of carbonyl (C=O) groups is 2. The Bertz CT molecular complexity index is 1190. The average Bonchev–Trinajstić information content (AvgIpc) is 2.66. The van der Waals surface area contributed by atoms with Crippen LogP contribution in [-0.2, 0) is 11.3 Å². The number of fused-ring (bicyclic) bond motifs is 1. The summed E-state index contributed by atoms with van der Waals surface area (Å²) in [6, 6.07) is 8.08. The molecule has 0 aliphatic carbocycles. The van der Waals surface area contributed by atoms with Crippen LogP contribution in [0.5, 0.6) is 5.75 Å². The van der Waals surface area contributed by atoms with E-state index in [0.29, 0.717) is 5.56 Å². The number of hydrogen-bond acceptors (Lipinski definition) is 4. The zero-order chi connectivity index (χ0) is 21.3. The maximum atomic E-state index is 13.8. The molecule has 0 aliphatic heterocycles. The number of carboxylic acid groups (broad SMARTS) is 1. The fraction of sp³-hybridized carbons (Fsp3) is 0.105. The molecule has 3 rings (SSSR count). The van der Waals surface area contributed by atoms with Gasteiger partial charge in [0, 0.05) is 21.0 Å². The number of nitrogens with one attached hydrogen (secondary N) is 1. The number of aromatic hydroxyl groups is 1. The summed E-state index contributed by atoms with van der Waals surface area (Å²) in [4.78, 5) is 36.1. The fourth-order valence-corrected chi connectivity index (χ4v) is 3.38.